The minimum absolute atomic E-state index is 0.164. The Morgan fingerprint density at radius 1 is 1.22 bits per heavy atom. The second-order valence-electron chi connectivity index (χ2n) is 9.73. The molecule has 2 heterocycles. The van der Waals surface area contributed by atoms with Crippen molar-refractivity contribution in [3.63, 3.8) is 0 Å². The summed E-state index contributed by atoms with van der Waals surface area (Å²) < 4.78 is 5.84. The molecule has 6 nitrogen and oxygen atoms in total. The number of cyclic esters (lactones) is 1. The molecule has 0 aromatic carbocycles. The molecular formula is C25H33NO5S. The molecular weight excluding hydrogens is 426 g/mol. The summed E-state index contributed by atoms with van der Waals surface area (Å²) >= 11 is 1.58. The molecule has 174 valence electrons. The van der Waals surface area contributed by atoms with Gasteiger partial charge in [-0.2, -0.15) is 0 Å². The van der Waals surface area contributed by atoms with Gasteiger partial charge in [0.2, 0.25) is 0 Å². The zero-order valence-electron chi connectivity index (χ0n) is 19.0. The zero-order valence-corrected chi connectivity index (χ0v) is 19.8. The Balaban J connectivity index is 1.55. The average Bonchev–Trinajstić information content (AvgIpc) is 3.35. The third-order valence-electron chi connectivity index (χ3n) is 7.25. The molecule has 3 aliphatic rings. The molecule has 0 spiro atoms. The molecule has 2 aliphatic carbocycles. The summed E-state index contributed by atoms with van der Waals surface area (Å²) in [4.78, 5) is 29.9. The van der Waals surface area contributed by atoms with Crippen LogP contribution in [0.3, 0.4) is 0 Å². The standard InChI is InChI=1S/C25H33NO5S/c1-13(7-19-12-32-15(3)26-19)22-10-18-8-16(18)5-4-6-17-9-20(21(27)11-23(28)31-22)25(30)14(2)24(17)29/h7,9,12,14,16-18,21-22,24,27,29H,4-6,8,10-11H2,1-3H3/b13-7+/t14-,16+,17-,18+,21+,22+,24-/m1/s1. The van der Waals surface area contributed by atoms with E-state index in [2.05, 4.69) is 4.98 Å². The Morgan fingerprint density at radius 2 is 2.00 bits per heavy atom. The Kier molecular flexibility index (Phi) is 6.98. The van der Waals surface area contributed by atoms with Crippen LogP contribution in [0.5, 0.6) is 0 Å². The van der Waals surface area contributed by atoms with Gasteiger partial charge >= 0.3 is 5.97 Å². The molecule has 0 amide bonds. The van der Waals surface area contributed by atoms with Crippen molar-refractivity contribution >= 4 is 29.2 Å². The summed E-state index contributed by atoms with van der Waals surface area (Å²) in [6, 6.07) is 0. The first kappa shape index (κ1) is 23.3. The molecule has 7 heteroatoms. The van der Waals surface area contributed by atoms with E-state index in [-0.39, 0.29) is 29.8 Å². The monoisotopic (exact) mass is 459 g/mol. The van der Waals surface area contributed by atoms with Gasteiger partial charge in [-0.15, -0.1) is 11.3 Å². The van der Waals surface area contributed by atoms with Gasteiger partial charge in [0.15, 0.2) is 5.78 Å². The van der Waals surface area contributed by atoms with Gasteiger partial charge in [-0.05, 0) is 56.6 Å². The normalized spacial score (nSPS) is 36.6. The van der Waals surface area contributed by atoms with Crippen LogP contribution in [0.2, 0.25) is 0 Å². The van der Waals surface area contributed by atoms with E-state index < -0.39 is 24.1 Å². The highest BCUT2D eigenvalue weighted by molar-refractivity contribution is 7.09. The number of hydrogen-bond donors (Lipinski definition) is 2. The minimum Gasteiger partial charge on any atom is -0.458 e. The molecule has 2 N–H and O–H groups in total. The Bertz CT molecular complexity index is 935. The van der Waals surface area contributed by atoms with Crippen molar-refractivity contribution in [2.75, 3.05) is 0 Å². The van der Waals surface area contributed by atoms with Gasteiger partial charge in [0.1, 0.15) is 6.10 Å². The van der Waals surface area contributed by atoms with Gasteiger partial charge in [0, 0.05) is 22.8 Å². The first-order valence-corrected chi connectivity index (χ1v) is 12.5. The number of hydrogen-bond acceptors (Lipinski definition) is 7. The number of esters is 1. The summed E-state index contributed by atoms with van der Waals surface area (Å²) in [5.74, 6) is -0.404. The zero-order chi connectivity index (χ0) is 23.0. The lowest BCUT2D eigenvalue weighted by Gasteiger charge is -2.32. The highest BCUT2D eigenvalue weighted by Crippen LogP contribution is 2.47. The predicted molar refractivity (Wildman–Crippen MR) is 123 cm³/mol. The van der Waals surface area contributed by atoms with Crippen LogP contribution in [-0.2, 0) is 14.3 Å². The topological polar surface area (TPSA) is 96.7 Å². The fourth-order valence-corrected chi connectivity index (χ4v) is 5.72. The summed E-state index contributed by atoms with van der Waals surface area (Å²) in [5.41, 5.74) is 2.05. The average molecular weight is 460 g/mol. The van der Waals surface area contributed by atoms with Crippen LogP contribution in [0.1, 0.15) is 63.1 Å². The second-order valence-corrected chi connectivity index (χ2v) is 10.8. The largest absolute Gasteiger partial charge is 0.458 e. The highest BCUT2D eigenvalue weighted by Gasteiger charge is 2.41. The van der Waals surface area contributed by atoms with Crippen molar-refractivity contribution in [3.8, 4) is 0 Å². The van der Waals surface area contributed by atoms with Crippen molar-refractivity contribution in [1.82, 2.24) is 4.98 Å². The first-order valence-electron chi connectivity index (χ1n) is 11.6. The van der Waals surface area contributed by atoms with Crippen LogP contribution in [0, 0.1) is 30.6 Å². The third-order valence-corrected chi connectivity index (χ3v) is 8.05. The molecule has 32 heavy (non-hydrogen) atoms. The first-order chi connectivity index (χ1) is 15.2. The molecule has 2 bridgehead atoms. The van der Waals surface area contributed by atoms with Crippen LogP contribution < -0.4 is 0 Å². The molecule has 1 aliphatic heterocycles. The van der Waals surface area contributed by atoms with E-state index in [9.17, 15) is 19.8 Å². The minimum atomic E-state index is -1.21. The molecule has 0 saturated heterocycles. The van der Waals surface area contributed by atoms with E-state index in [0.717, 1.165) is 48.4 Å². The Labute approximate surface area is 193 Å². The van der Waals surface area contributed by atoms with Crippen molar-refractivity contribution in [2.24, 2.45) is 23.7 Å². The Hall–Kier alpha value is -1.83. The van der Waals surface area contributed by atoms with Gasteiger partial charge in [-0.1, -0.05) is 25.8 Å². The van der Waals surface area contributed by atoms with Crippen LogP contribution >= 0.6 is 11.3 Å². The van der Waals surface area contributed by atoms with Crippen LogP contribution in [0.4, 0.5) is 0 Å². The summed E-state index contributed by atoms with van der Waals surface area (Å²) in [5, 5.41) is 24.2. The number of fused-ring (bicyclic) bond motifs is 2. The third kappa shape index (κ3) is 5.21. The van der Waals surface area contributed by atoms with E-state index in [1.807, 2.05) is 25.3 Å². The quantitative estimate of drug-likeness (QED) is 0.652. The maximum absolute atomic E-state index is 12.8. The van der Waals surface area contributed by atoms with Crippen LogP contribution in [0.25, 0.3) is 6.08 Å². The number of thiazole rings is 1. The van der Waals surface area contributed by atoms with Crippen LogP contribution in [-0.4, -0.2) is 45.3 Å². The molecule has 0 unspecified atom stereocenters. The molecule has 0 radical (unpaired) electrons. The number of aryl methyl sites for hydroxylation is 1. The number of carbonyl (C=O) groups is 2. The van der Waals surface area contributed by atoms with Gasteiger partial charge in [0.05, 0.1) is 29.3 Å². The van der Waals surface area contributed by atoms with E-state index in [1.54, 1.807) is 24.3 Å². The number of Topliss-reactive ketones (excluding diaryl/α,β-unsaturated/α-hetero) is 1. The second kappa shape index (κ2) is 9.57. The molecule has 1 fully saturated rings. The molecule has 7 atom stereocenters. The number of rotatable bonds is 2. The van der Waals surface area contributed by atoms with E-state index in [0.29, 0.717) is 11.8 Å². The van der Waals surface area contributed by atoms with E-state index >= 15 is 0 Å². The van der Waals surface area contributed by atoms with Gasteiger partial charge in [-0.3, -0.25) is 9.59 Å². The predicted octanol–water partition coefficient (Wildman–Crippen LogP) is 3.85. The molecule has 1 saturated carbocycles. The van der Waals surface area contributed by atoms with Crippen molar-refractivity contribution in [2.45, 2.75) is 77.6 Å². The number of aliphatic hydroxyl groups excluding tert-OH is 2. The SMILES string of the molecule is C/C(=C\c1csc(C)n1)[C@@H]1C[C@@H]2C[C@@H]2CCC[C@@H]2C=C(C(=O)[C@H](C)[C@H]2O)[C@@H](O)CC(=O)O1. The summed E-state index contributed by atoms with van der Waals surface area (Å²) in [6.45, 7) is 5.62. The highest BCUT2D eigenvalue weighted by atomic mass is 32.1. The van der Waals surface area contributed by atoms with Crippen molar-refractivity contribution in [1.29, 1.82) is 0 Å². The number of ketones is 1. The van der Waals surface area contributed by atoms with E-state index in [4.69, 9.17) is 4.74 Å². The van der Waals surface area contributed by atoms with Crippen LogP contribution in [0.15, 0.2) is 22.6 Å². The van der Waals surface area contributed by atoms with Gasteiger partial charge in [0.25, 0.3) is 0 Å². The Morgan fingerprint density at radius 3 is 2.72 bits per heavy atom. The number of nitrogens with zero attached hydrogens (tertiary/aromatic N) is 1. The lowest BCUT2D eigenvalue weighted by molar-refractivity contribution is -0.149. The number of aromatic nitrogens is 1. The van der Waals surface area contributed by atoms with Gasteiger partial charge in [-0.25, -0.2) is 4.98 Å². The lowest BCUT2D eigenvalue weighted by Crippen LogP contribution is -2.40. The summed E-state index contributed by atoms with van der Waals surface area (Å²) in [7, 11) is 0. The summed E-state index contributed by atoms with van der Waals surface area (Å²) in [6.07, 6.45) is 5.82. The van der Waals surface area contributed by atoms with E-state index in [1.165, 1.54) is 0 Å². The van der Waals surface area contributed by atoms with Gasteiger partial charge < -0.3 is 14.9 Å². The fraction of sp³-hybridized carbons (Fsp3) is 0.640. The van der Waals surface area contributed by atoms with Crippen molar-refractivity contribution in [3.05, 3.63) is 33.3 Å². The maximum atomic E-state index is 12.8. The molecule has 1 aromatic heterocycles. The smallest absolute Gasteiger partial charge is 0.309 e. The fourth-order valence-electron chi connectivity index (χ4n) is 5.15. The molecule has 1 aromatic rings. The molecule has 4 rings (SSSR count). The maximum Gasteiger partial charge on any atom is 0.309 e. The number of aliphatic hydroxyl groups is 2. The number of ether oxygens (including phenoxy) is 1. The van der Waals surface area contributed by atoms with Crippen molar-refractivity contribution < 1.29 is 24.5 Å². The number of carbonyl (C=O) groups excluding carboxylic acids is 2. The lowest BCUT2D eigenvalue weighted by atomic mass is 9.76.